The Balaban J connectivity index is 2.48. The van der Waals surface area contributed by atoms with E-state index in [1.807, 2.05) is 6.92 Å². The number of carbonyl (C=O) groups excluding carboxylic acids is 1. The van der Waals surface area contributed by atoms with Gasteiger partial charge in [-0.2, -0.15) is 0 Å². The first-order valence-corrected chi connectivity index (χ1v) is 6.05. The van der Waals surface area contributed by atoms with Gasteiger partial charge in [-0.05, 0) is 30.7 Å². The van der Waals surface area contributed by atoms with Crippen molar-refractivity contribution in [1.29, 1.82) is 0 Å². The predicted octanol–water partition coefficient (Wildman–Crippen LogP) is 4.27. The fraction of sp³-hybridized carbons (Fsp3) is 0.0714. The summed E-state index contributed by atoms with van der Waals surface area (Å²) in [5.74, 6) is -2.67. The topological polar surface area (TPSA) is 17.1 Å². The molecule has 0 saturated carbocycles. The van der Waals surface area contributed by atoms with Crippen LogP contribution in [0.5, 0.6) is 0 Å². The molecule has 0 N–H and O–H groups in total. The Morgan fingerprint density at radius 2 is 1.89 bits per heavy atom. The average molecular weight is 311 g/mol. The van der Waals surface area contributed by atoms with Crippen LogP contribution in [-0.2, 0) is 0 Å². The second-order valence-electron chi connectivity index (χ2n) is 3.89. The molecule has 2 aromatic carbocycles. The van der Waals surface area contributed by atoms with Crippen molar-refractivity contribution in [3.05, 3.63) is 69.2 Å². The van der Waals surface area contributed by atoms with Crippen LogP contribution in [0.2, 0.25) is 0 Å². The number of carbonyl (C=O) groups is 1. The van der Waals surface area contributed by atoms with E-state index in [9.17, 15) is 13.6 Å². The molecule has 0 unspecified atom stereocenters. The Kier molecular flexibility index (Phi) is 3.57. The summed E-state index contributed by atoms with van der Waals surface area (Å²) < 4.78 is 27.3. The molecule has 2 aromatic rings. The summed E-state index contributed by atoms with van der Waals surface area (Å²) in [7, 11) is 0. The molecule has 92 valence electrons. The van der Waals surface area contributed by atoms with E-state index in [0.29, 0.717) is 5.56 Å². The van der Waals surface area contributed by atoms with Crippen LogP contribution in [0.1, 0.15) is 21.5 Å². The third-order valence-electron chi connectivity index (χ3n) is 2.63. The number of ketones is 1. The van der Waals surface area contributed by atoms with Gasteiger partial charge in [0.05, 0.1) is 5.56 Å². The van der Waals surface area contributed by atoms with E-state index >= 15 is 0 Å². The number of benzene rings is 2. The summed E-state index contributed by atoms with van der Waals surface area (Å²) in [6.07, 6.45) is 0. The lowest BCUT2D eigenvalue weighted by Crippen LogP contribution is -2.06. The summed E-state index contributed by atoms with van der Waals surface area (Å²) in [6, 6.07) is 8.50. The monoisotopic (exact) mass is 310 g/mol. The zero-order chi connectivity index (χ0) is 13.3. The molecule has 0 saturated heterocycles. The van der Waals surface area contributed by atoms with E-state index in [4.69, 9.17) is 0 Å². The summed E-state index contributed by atoms with van der Waals surface area (Å²) in [5.41, 5.74) is 1.02. The molecule has 0 bridgehead atoms. The molecule has 0 radical (unpaired) electrons. The normalized spacial score (nSPS) is 10.4. The molecule has 0 aliphatic carbocycles. The van der Waals surface area contributed by atoms with Gasteiger partial charge in [-0.15, -0.1) is 0 Å². The van der Waals surface area contributed by atoms with Crippen LogP contribution in [0.3, 0.4) is 0 Å². The summed E-state index contributed by atoms with van der Waals surface area (Å²) in [6.45, 7) is 1.88. The van der Waals surface area contributed by atoms with Crippen molar-refractivity contribution >= 4 is 21.7 Å². The Labute approximate surface area is 112 Å². The van der Waals surface area contributed by atoms with Crippen molar-refractivity contribution < 1.29 is 13.6 Å². The van der Waals surface area contributed by atoms with Gasteiger partial charge in [0.1, 0.15) is 0 Å². The van der Waals surface area contributed by atoms with Gasteiger partial charge < -0.3 is 0 Å². The maximum Gasteiger partial charge on any atom is 0.196 e. The van der Waals surface area contributed by atoms with Gasteiger partial charge in [0, 0.05) is 10.0 Å². The molecular formula is C14H9BrF2O. The summed E-state index contributed by atoms with van der Waals surface area (Å²) in [4.78, 5) is 12.1. The van der Waals surface area contributed by atoms with Crippen LogP contribution in [0.4, 0.5) is 8.78 Å². The Morgan fingerprint density at radius 1 is 1.17 bits per heavy atom. The fourth-order valence-corrected chi connectivity index (χ4v) is 1.95. The first-order chi connectivity index (χ1) is 8.50. The molecule has 0 atom stereocenters. The number of hydrogen-bond donors (Lipinski definition) is 0. The van der Waals surface area contributed by atoms with Gasteiger partial charge in [-0.1, -0.05) is 34.1 Å². The second kappa shape index (κ2) is 4.98. The Bertz CT molecular complexity index is 623. The van der Waals surface area contributed by atoms with Gasteiger partial charge in [0.25, 0.3) is 0 Å². The standard InChI is InChI=1S/C14H9BrF2O/c1-8-5-6-9(7-11(8)15)14(18)10-3-2-4-12(16)13(10)17/h2-7H,1H3. The van der Waals surface area contributed by atoms with Crippen molar-refractivity contribution in [3.8, 4) is 0 Å². The van der Waals surface area contributed by atoms with Crippen LogP contribution >= 0.6 is 15.9 Å². The first kappa shape index (κ1) is 12.9. The SMILES string of the molecule is Cc1ccc(C(=O)c2cccc(F)c2F)cc1Br. The minimum Gasteiger partial charge on any atom is -0.288 e. The maximum atomic E-state index is 13.5. The smallest absolute Gasteiger partial charge is 0.196 e. The van der Waals surface area contributed by atoms with E-state index in [1.54, 1.807) is 18.2 Å². The molecule has 18 heavy (non-hydrogen) atoms. The third kappa shape index (κ3) is 2.34. The lowest BCUT2D eigenvalue weighted by atomic mass is 10.0. The largest absolute Gasteiger partial charge is 0.288 e. The fourth-order valence-electron chi connectivity index (χ4n) is 1.57. The molecular weight excluding hydrogens is 302 g/mol. The van der Waals surface area contributed by atoms with Crippen molar-refractivity contribution in [2.24, 2.45) is 0 Å². The third-order valence-corrected chi connectivity index (χ3v) is 3.48. The molecule has 4 heteroatoms. The number of rotatable bonds is 2. The van der Waals surface area contributed by atoms with E-state index in [-0.39, 0.29) is 5.56 Å². The van der Waals surface area contributed by atoms with Gasteiger partial charge in [-0.3, -0.25) is 4.79 Å². The molecule has 0 aliphatic heterocycles. The van der Waals surface area contributed by atoms with Crippen molar-refractivity contribution in [1.82, 2.24) is 0 Å². The zero-order valence-electron chi connectivity index (χ0n) is 9.51. The Hall–Kier alpha value is -1.55. The van der Waals surface area contributed by atoms with Gasteiger partial charge in [-0.25, -0.2) is 8.78 Å². The number of halogens is 3. The second-order valence-corrected chi connectivity index (χ2v) is 4.75. The molecule has 1 nitrogen and oxygen atoms in total. The molecule has 0 spiro atoms. The van der Waals surface area contributed by atoms with Crippen molar-refractivity contribution in [2.45, 2.75) is 6.92 Å². The van der Waals surface area contributed by atoms with Crippen molar-refractivity contribution in [3.63, 3.8) is 0 Å². The van der Waals surface area contributed by atoms with Crippen LogP contribution < -0.4 is 0 Å². The molecule has 0 heterocycles. The number of hydrogen-bond acceptors (Lipinski definition) is 1. The van der Waals surface area contributed by atoms with Crippen molar-refractivity contribution in [2.75, 3.05) is 0 Å². The summed E-state index contributed by atoms with van der Waals surface area (Å²) >= 11 is 3.30. The van der Waals surface area contributed by atoms with E-state index in [1.165, 1.54) is 12.1 Å². The minimum atomic E-state index is -1.11. The minimum absolute atomic E-state index is 0.259. The van der Waals surface area contributed by atoms with Crippen LogP contribution in [0.25, 0.3) is 0 Å². The van der Waals surface area contributed by atoms with Crippen LogP contribution in [-0.4, -0.2) is 5.78 Å². The quantitative estimate of drug-likeness (QED) is 0.757. The molecule has 0 fully saturated rings. The zero-order valence-corrected chi connectivity index (χ0v) is 11.1. The molecule has 0 amide bonds. The first-order valence-electron chi connectivity index (χ1n) is 5.25. The van der Waals surface area contributed by atoms with Gasteiger partial charge >= 0.3 is 0 Å². The van der Waals surface area contributed by atoms with E-state index < -0.39 is 17.4 Å². The molecule has 0 aliphatic rings. The molecule has 0 aromatic heterocycles. The lowest BCUT2D eigenvalue weighted by molar-refractivity contribution is 0.103. The van der Waals surface area contributed by atoms with Crippen LogP contribution in [0.15, 0.2) is 40.9 Å². The number of aryl methyl sites for hydroxylation is 1. The maximum absolute atomic E-state index is 13.5. The predicted molar refractivity (Wildman–Crippen MR) is 68.7 cm³/mol. The van der Waals surface area contributed by atoms with Gasteiger partial charge in [0.2, 0.25) is 0 Å². The highest BCUT2D eigenvalue weighted by atomic mass is 79.9. The highest BCUT2D eigenvalue weighted by molar-refractivity contribution is 9.10. The van der Waals surface area contributed by atoms with Crippen LogP contribution in [0, 0.1) is 18.6 Å². The summed E-state index contributed by atoms with van der Waals surface area (Å²) in [5, 5.41) is 0. The Morgan fingerprint density at radius 3 is 2.56 bits per heavy atom. The van der Waals surface area contributed by atoms with Gasteiger partial charge in [0.15, 0.2) is 17.4 Å². The molecule has 2 rings (SSSR count). The average Bonchev–Trinajstić information content (AvgIpc) is 2.35. The lowest BCUT2D eigenvalue weighted by Gasteiger charge is -2.05. The highest BCUT2D eigenvalue weighted by Crippen LogP contribution is 2.21. The highest BCUT2D eigenvalue weighted by Gasteiger charge is 2.17. The van der Waals surface area contributed by atoms with E-state index in [0.717, 1.165) is 16.1 Å². The van der Waals surface area contributed by atoms with E-state index in [2.05, 4.69) is 15.9 Å².